The Morgan fingerprint density at radius 1 is 1.15 bits per heavy atom. The van der Waals surface area contributed by atoms with Gasteiger partial charge in [-0.15, -0.1) is 0 Å². The molecule has 1 heteroatoms. The van der Waals surface area contributed by atoms with Crippen LogP contribution in [0.15, 0.2) is 30.3 Å². The third-order valence-electron chi connectivity index (χ3n) is 1.79. The Hall–Kier alpha value is -1.26. The van der Waals surface area contributed by atoms with E-state index in [1.807, 2.05) is 44.2 Å². The van der Waals surface area contributed by atoms with Crippen LogP contribution in [-0.4, -0.2) is 12.7 Å². The molecule has 0 bridgehead atoms. The Bertz CT molecular complexity index is 314. The van der Waals surface area contributed by atoms with Gasteiger partial charge in [-0.05, 0) is 26.0 Å². The monoisotopic (exact) mass is 174 g/mol. The molecule has 13 heavy (non-hydrogen) atoms. The highest BCUT2D eigenvalue weighted by molar-refractivity contribution is 5.35. The predicted octanol–water partition coefficient (Wildman–Crippen LogP) is 2.46. The number of hydrogen-bond donors (Lipinski definition) is 0. The second-order valence-corrected chi connectivity index (χ2v) is 3.33. The van der Waals surface area contributed by atoms with Crippen molar-refractivity contribution in [2.75, 3.05) is 7.11 Å². The standard InChI is InChI=1S/C12H14O/c1-12(2,13-3)10-9-11-7-5-4-6-8-11/h4-8H,1-3H3. The van der Waals surface area contributed by atoms with E-state index in [1.54, 1.807) is 7.11 Å². The molecule has 0 saturated carbocycles. The largest absolute Gasteiger partial charge is 0.366 e. The minimum Gasteiger partial charge on any atom is -0.366 e. The van der Waals surface area contributed by atoms with Crippen LogP contribution < -0.4 is 0 Å². The Kier molecular flexibility index (Phi) is 3.11. The number of ether oxygens (including phenoxy) is 1. The molecule has 1 nitrogen and oxygen atoms in total. The smallest absolute Gasteiger partial charge is 0.123 e. The number of benzene rings is 1. The van der Waals surface area contributed by atoms with Crippen LogP contribution >= 0.6 is 0 Å². The molecular weight excluding hydrogens is 160 g/mol. The Labute approximate surface area is 79.7 Å². The van der Waals surface area contributed by atoms with E-state index in [4.69, 9.17) is 4.74 Å². The fourth-order valence-corrected chi connectivity index (χ4v) is 0.795. The van der Waals surface area contributed by atoms with Crippen molar-refractivity contribution in [3.8, 4) is 11.8 Å². The van der Waals surface area contributed by atoms with Crippen molar-refractivity contribution in [3.05, 3.63) is 35.9 Å². The van der Waals surface area contributed by atoms with E-state index in [1.165, 1.54) is 0 Å². The molecule has 0 atom stereocenters. The Morgan fingerprint density at radius 2 is 1.77 bits per heavy atom. The molecule has 0 N–H and O–H groups in total. The fraction of sp³-hybridized carbons (Fsp3) is 0.333. The van der Waals surface area contributed by atoms with E-state index in [9.17, 15) is 0 Å². The highest BCUT2D eigenvalue weighted by atomic mass is 16.5. The molecule has 0 fully saturated rings. The second kappa shape index (κ2) is 4.11. The van der Waals surface area contributed by atoms with Gasteiger partial charge in [0.1, 0.15) is 5.60 Å². The Balaban J connectivity index is 2.79. The molecule has 0 radical (unpaired) electrons. The van der Waals surface area contributed by atoms with Crippen molar-refractivity contribution in [3.63, 3.8) is 0 Å². The number of hydrogen-bond acceptors (Lipinski definition) is 1. The number of methoxy groups -OCH3 is 1. The molecule has 1 aromatic carbocycles. The van der Waals surface area contributed by atoms with Crippen LogP contribution in [0.25, 0.3) is 0 Å². The van der Waals surface area contributed by atoms with Crippen LogP contribution in [0.2, 0.25) is 0 Å². The SMILES string of the molecule is COC(C)(C)C#Cc1ccccc1. The molecule has 0 aliphatic rings. The maximum Gasteiger partial charge on any atom is 0.123 e. The Morgan fingerprint density at radius 3 is 2.31 bits per heavy atom. The zero-order valence-corrected chi connectivity index (χ0v) is 8.29. The molecule has 68 valence electrons. The first-order valence-electron chi connectivity index (χ1n) is 4.27. The van der Waals surface area contributed by atoms with Crippen LogP contribution in [0.5, 0.6) is 0 Å². The van der Waals surface area contributed by atoms with Crippen molar-refractivity contribution in [1.82, 2.24) is 0 Å². The highest BCUT2D eigenvalue weighted by Crippen LogP contribution is 2.05. The minimum atomic E-state index is -0.365. The normalized spacial score (nSPS) is 10.4. The summed E-state index contributed by atoms with van der Waals surface area (Å²) in [5.74, 6) is 6.11. The van der Waals surface area contributed by atoms with Gasteiger partial charge in [0.05, 0.1) is 0 Å². The lowest BCUT2D eigenvalue weighted by Crippen LogP contribution is -2.19. The molecule has 0 amide bonds. The molecule has 0 aliphatic carbocycles. The van der Waals surface area contributed by atoms with Gasteiger partial charge >= 0.3 is 0 Å². The van der Waals surface area contributed by atoms with Crippen LogP contribution in [0.1, 0.15) is 19.4 Å². The zero-order chi connectivity index (χ0) is 9.73. The summed E-state index contributed by atoms with van der Waals surface area (Å²) >= 11 is 0. The molecule has 0 aromatic heterocycles. The van der Waals surface area contributed by atoms with E-state index in [2.05, 4.69) is 11.8 Å². The third-order valence-corrected chi connectivity index (χ3v) is 1.79. The molecular formula is C12H14O. The summed E-state index contributed by atoms with van der Waals surface area (Å²) in [6.45, 7) is 3.89. The van der Waals surface area contributed by atoms with Crippen LogP contribution in [-0.2, 0) is 4.74 Å². The summed E-state index contributed by atoms with van der Waals surface area (Å²) < 4.78 is 5.19. The first-order valence-corrected chi connectivity index (χ1v) is 4.27. The van der Waals surface area contributed by atoms with E-state index >= 15 is 0 Å². The lowest BCUT2D eigenvalue weighted by molar-refractivity contribution is 0.0742. The summed E-state index contributed by atoms with van der Waals surface area (Å²) in [5.41, 5.74) is 0.656. The topological polar surface area (TPSA) is 9.23 Å². The average Bonchev–Trinajstić information content (AvgIpc) is 2.17. The van der Waals surface area contributed by atoms with Gasteiger partial charge in [0, 0.05) is 12.7 Å². The molecule has 0 saturated heterocycles. The highest BCUT2D eigenvalue weighted by Gasteiger charge is 2.10. The van der Waals surface area contributed by atoms with Crippen molar-refractivity contribution < 1.29 is 4.74 Å². The average molecular weight is 174 g/mol. The summed E-state index contributed by atoms with van der Waals surface area (Å²) in [6.07, 6.45) is 0. The van der Waals surface area contributed by atoms with E-state index in [-0.39, 0.29) is 5.60 Å². The molecule has 1 aromatic rings. The van der Waals surface area contributed by atoms with E-state index in [0.717, 1.165) is 5.56 Å². The van der Waals surface area contributed by atoms with Crippen LogP contribution in [0, 0.1) is 11.8 Å². The first kappa shape index (κ1) is 9.83. The first-order chi connectivity index (χ1) is 6.14. The van der Waals surface area contributed by atoms with Gasteiger partial charge in [-0.2, -0.15) is 0 Å². The maximum atomic E-state index is 5.19. The van der Waals surface area contributed by atoms with Crippen LogP contribution in [0.3, 0.4) is 0 Å². The summed E-state index contributed by atoms with van der Waals surface area (Å²) in [7, 11) is 1.67. The minimum absolute atomic E-state index is 0.365. The van der Waals surface area contributed by atoms with E-state index < -0.39 is 0 Å². The third kappa shape index (κ3) is 3.31. The maximum absolute atomic E-state index is 5.19. The lowest BCUT2D eigenvalue weighted by atomic mass is 10.1. The summed E-state index contributed by atoms with van der Waals surface area (Å²) in [5, 5.41) is 0. The van der Waals surface area contributed by atoms with Gasteiger partial charge in [0.15, 0.2) is 0 Å². The van der Waals surface area contributed by atoms with Gasteiger partial charge in [0.2, 0.25) is 0 Å². The fourth-order valence-electron chi connectivity index (χ4n) is 0.795. The van der Waals surface area contributed by atoms with Gasteiger partial charge in [-0.1, -0.05) is 30.0 Å². The summed E-state index contributed by atoms with van der Waals surface area (Å²) in [4.78, 5) is 0. The molecule has 0 heterocycles. The van der Waals surface area contributed by atoms with Crippen molar-refractivity contribution >= 4 is 0 Å². The lowest BCUT2D eigenvalue weighted by Gasteiger charge is -2.14. The van der Waals surface area contributed by atoms with Crippen molar-refractivity contribution in [2.24, 2.45) is 0 Å². The number of rotatable bonds is 1. The van der Waals surface area contributed by atoms with Gasteiger partial charge in [-0.3, -0.25) is 0 Å². The van der Waals surface area contributed by atoms with Gasteiger partial charge < -0.3 is 4.74 Å². The van der Waals surface area contributed by atoms with Gasteiger partial charge in [0.25, 0.3) is 0 Å². The summed E-state index contributed by atoms with van der Waals surface area (Å²) in [6, 6.07) is 9.90. The van der Waals surface area contributed by atoms with Crippen molar-refractivity contribution in [2.45, 2.75) is 19.4 Å². The van der Waals surface area contributed by atoms with Gasteiger partial charge in [-0.25, -0.2) is 0 Å². The second-order valence-electron chi connectivity index (χ2n) is 3.33. The molecule has 0 spiro atoms. The van der Waals surface area contributed by atoms with Crippen LogP contribution in [0.4, 0.5) is 0 Å². The van der Waals surface area contributed by atoms with Crippen molar-refractivity contribution in [1.29, 1.82) is 0 Å². The molecule has 1 rings (SSSR count). The molecule has 0 aliphatic heterocycles. The predicted molar refractivity (Wildman–Crippen MR) is 54.4 cm³/mol. The molecule has 0 unspecified atom stereocenters. The quantitative estimate of drug-likeness (QED) is 0.594. The zero-order valence-electron chi connectivity index (χ0n) is 8.29. The van der Waals surface area contributed by atoms with E-state index in [0.29, 0.717) is 0 Å².